The number of carboxylic acids is 1. The fraction of sp³-hybridized carbons (Fsp3) is 0.538. The molecule has 1 rings (SSSR count). The first-order valence-electron chi connectivity index (χ1n) is 6.11. The Hall–Kier alpha value is -1.82. The van der Waals surface area contributed by atoms with Gasteiger partial charge < -0.3 is 19.6 Å². The van der Waals surface area contributed by atoms with E-state index in [4.69, 9.17) is 14.3 Å². The average molecular weight is 269 g/mol. The quantitative estimate of drug-likeness (QED) is 0.780. The minimum Gasteiger partial charge on any atom is -0.480 e. The number of methoxy groups -OCH3 is 1. The Morgan fingerprint density at radius 1 is 1.53 bits per heavy atom. The van der Waals surface area contributed by atoms with E-state index < -0.39 is 17.9 Å². The number of amides is 1. The van der Waals surface area contributed by atoms with Crippen LogP contribution in [0.1, 0.15) is 35.2 Å². The zero-order valence-electron chi connectivity index (χ0n) is 11.4. The van der Waals surface area contributed by atoms with Crippen molar-refractivity contribution in [3.05, 3.63) is 23.2 Å². The van der Waals surface area contributed by atoms with Crippen molar-refractivity contribution in [2.24, 2.45) is 0 Å². The number of carbonyl (C=O) groups is 2. The molecule has 1 heterocycles. The zero-order chi connectivity index (χ0) is 14.4. The van der Waals surface area contributed by atoms with Crippen molar-refractivity contribution in [3.63, 3.8) is 0 Å². The highest BCUT2D eigenvalue weighted by Gasteiger charge is 2.22. The fourth-order valence-electron chi connectivity index (χ4n) is 1.71. The summed E-state index contributed by atoms with van der Waals surface area (Å²) >= 11 is 0. The van der Waals surface area contributed by atoms with Crippen molar-refractivity contribution >= 4 is 11.9 Å². The molecule has 19 heavy (non-hydrogen) atoms. The summed E-state index contributed by atoms with van der Waals surface area (Å²) in [5.41, 5.74) is 0.886. The Morgan fingerprint density at radius 3 is 2.68 bits per heavy atom. The monoisotopic (exact) mass is 269 g/mol. The van der Waals surface area contributed by atoms with Crippen molar-refractivity contribution in [1.82, 2.24) is 5.32 Å². The van der Waals surface area contributed by atoms with Crippen LogP contribution in [0.4, 0.5) is 0 Å². The van der Waals surface area contributed by atoms with Crippen molar-refractivity contribution in [1.29, 1.82) is 0 Å². The van der Waals surface area contributed by atoms with Crippen LogP contribution in [0, 0.1) is 6.92 Å². The Kier molecular flexibility index (Phi) is 5.57. The Balaban J connectivity index is 2.72. The van der Waals surface area contributed by atoms with E-state index in [0.717, 1.165) is 11.3 Å². The maximum Gasteiger partial charge on any atom is 0.326 e. The molecule has 0 radical (unpaired) electrons. The highest BCUT2D eigenvalue weighted by atomic mass is 16.5. The van der Waals surface area contributed by atoms with Gasteiger partial charge in [-0.25, -0.2) is 4.79 Å². The van der Waals surface area contributed by atoms with Crippen LogP contribution in [0.5, 0.6) is 0 Å². The molecular formula is C13H19NO5. The number of nitrogens with one attached hydrogen (secondary N) is 1. The van der Waals surface area contributed by atoms with E-state index in [-0.39, 0.29) is 18.8 Å². The Bertz CT molecular complexity index is 452. The number of ether oxygens (including phenoxy) is 1. The van der Waals surface area contributed by atoms with E-state index in [0.29, 0.717) is 6.42 Å². The van der Waals surface area contributed by atoms with Gasteiger partial charge in [0.25, 0.3) is 5.91 Å². The van der Waals surface area contributed by atoms with Crippen LogP contribution in [-0.2, 0) is 16.0 Å². The number of hydrogen-bond donors (Lipinski definition) is 2. The largest absolute Gasteiger partial charge is 0.480 e. The van der Waals surface area contributed by atoms with Crippen molar-refractivity contribution in [3.8, 4) is 0 Å². The van der Waals surface area contributed by atoms with Gasteiger partial charge in [-0.3, -0.25) is 4.79 Å². The van der Waals surface area contributed by atoms with Crippen molar-refractivity contribution < 1.29 is 23.8 Å². The van der Waals surface area contributed by atoms with Crippen LogP contribution in [0.15, 0.2) is 10.5 Å². The molecule has 0 fully saturated rings. The summed E-state index contributed by atoms with van der Waals surface area (Å²) < 4.78 is 10.2. The molecule has 0 aromatic carbocycles. The van der Waals surface area contributed by atoms with Gasteiger partial charge in [0.1, 0.15) is 11.8 Å². The number of rotatable bonds is 7. The summed E-state index contributed by atoms with van der Waals surface area (Å²) in [6.45, 7) is 4.03. The summed E-state index contributed by atoms with van der Waals surface area (Å²) in [4.78, 5) is 22.9. The molecule has 0 spiro atoms. The second-order valence-electron chi connectivity index (χ2n) is 4.22. The van der Waals surface area contributed by atoms with Gasteiger partial charge in [0, 0.05) is 26.6 Å². The molecular weight excluding hydrogens is 250 g/mol. The minimum absolute atomic E-state index is 0.137. The minimum atomic E-state index is -1.09. The average Bonchev–Trinajstić information content (AvgIpc) is 2.75. The highest BCUT2D eigenvalue weighted by molar-refractivity contribution is 5.94. The number of aliphatic carboxylic acids is 1. The lowest BCUT2D eigenvalue weighted by Crippen LogP contribution is -2.41. The van der Waals surface area contributed by atoms with Gasteiger partial charge in [-0.05, 0) is 18.6 Å². The standard InChI is InChI=1S/C13H19NO5/c1-4-10-8(2)7-11(19-10)12(15)14-9(13(16)17)5-6-18-3/h7,9H,4-6H2,1-3H3,(H,14,15)(H,16,17). The zero-order valence-corrected chi connectivity index (χ0v) is 11.4. The molecule has 1 amide bonds. The molecule has 6 nitrogen and oxygen atoms in total. The van der Waals surface area contributed by atoms with Crippen LogP contribution >= 0.6 is 0 Å². The third-order valence-corrected chi connectivity index (χ3v) is 2.78. The third-order valence-electron chi connectivity index (χ3n) is 2.78. The molecule has 0 bridgehead atoms. The summed E-state index contributed by atoms with van der Waals surface area (Å²) in [5, 5.41) is 11.4. The van der Waals surface area contributed by atoms with E-state index in [1.54, 1.807) is 6.07 Å². The first-order chi connectivity index (χ1) is 8.99. The van der Waals surface area contributed by atoms with Gasteiger partial charge in [0.2, 0.25) is 0 Å². The van der Waals surface area contributed by atoms with Crippen molar-refractivity contribution in [2.75, 3.05) is 13.7 Å². The normalized spacial score (nSPS) is 12.2. The van der Waals surface area contributed by atoms with Gasteiger partial charge in [-0.15, -0.1) is 0 Å². The maximum atomic E-state index is 11.9. The van der Waals surface area contributed by atoms with E-state index in [2.05, 4.69) is 5.32 Å². The molecule has 0 aliphatic rings. The summed E-state index contributed by atoms with van der Waals surface area (Å²) in [5.74, 6) is -0.748. The molecule has 6 heteroatoms. The van der Waals surface area contributed by atoms with Crippen molar-refractivity contribution in [2.45, 2.75) is 32.7 Å². The first-order valence-corrected chi connectivity index (χ1v) is 6.11. The molecule has 1 aromatic heterocycles. The van der Waals surface area contributed by atoms with Crippen LogP contribution in [0.3, 0.4) is 0 Å². The molecule has 1 aromatic rings. The molecule has 0 saturated carbocycles. The van der Waals surface area contributed by atoms with Crippen LogP contribution in [0.2, 0.25) is 0 Å². The number of aryl methyl sites for hydroxylation is 2. The summed E-state index contributed by atoms with van der Waals surface area (Å²) in [6.07, 6.45) is 0.892. The summed E-state index contributed by atoms with van der Waals surface area (Å²) in [7, 11) is 1.48. The highest BCUT2D eigenvalue weighted by Crippen LogP contribution is 2.15. The molecule has 0 aliphatic heterocycles. The van der Waals surface area contributed by atoms with E-state index in [1.807, 2.05) is 13.8 Å². The fourth-order valence-corrected chi connectivity index (χ4v) is 1.71. The lowest BCUT2D eigenvalue weighted by molar-refractivity contribution is -0.139. The molecule has 106 valence electrons. The van der Waals surface area contributed by atoms with Gasteiger partial charge in [0.15, 0.2) is 5.76 Å². The summed E-state index contributed by atoms with van der Waals surface area (Å²) in [6, 6.07) is 0.631. The predicted octanol–water partition coefficient (Wildman–Crippen LogP) is 1.37. The third kappa shape index (κ3) is 4.10. The predicted molar refractivity (Wildman–Crippen MR) is 68.2 cm³/mol. The van der Waals surface area contributed by atoms with Crippen LogP contribution in [0.25, 0.3) is 0 Å². The molecule has 2 N–H and O–H groups in total. The molecule has 1 unspecified atom stereocenters. The van der Waals surface area contributed by atoms with E-state index in [9.17, 15) is 9.59 Å². The first kappa shape index (κ1) is 15.2. The number of carboxylic acid groups (broad SMARTS) is 1. The SMILES string of the molecule is CCc1oc(C(=O)NC(CCOC)C(=O)O)cc1C. The van der Waals surface area contributed by atoms with Gasteiger partial charge in [-0.1, -0.05) is 6.92 Å². The van der Waals surface area contributed by atoms with Crippen LogP contribution < -0.4 is 5.32 Å². The maximum absolute atomic E-state index is 11.9. The molecule has 1 atom stereocenters. The van der Waals surface area contributed by atoms with Gasteiger partial charge in [-0.2, -0.15) is 0 Å². The second-order valence-corrected chi connectivity index (χ2v) is 4.22. The number of furan rings is 1. The number of hydrogen-bond acceptors (Lipinski definition) is 4. The lowest BCUT2D eigenvalue weighted by Gasteiger charge is -2.12. The molecule has 0 aliphatic carbocycles. The van der Waals surface area contributed by atoms with E-state index >= 15 is 0 Å². The smallest absolute Gasteiger partial charge is 0.326 e. The Labute approximate surface area is 111 Å². The van der Waals surface area contributed by atoms with Gasteiger partial charge in [0.05, 0.1) is 0 Å². The Morgan fingerprint density at radius 2 is 2.21 bits per heavy atom. The lowest BCUT2D eigenvalue weighted by atomic mass is 10.2. The van der Waals surface area contributed by atoms with Crippen LogP contribution in [-0.4, -0.2) is 36.7 Å². The topological polar surface area (TPSA) is 88.8 Å². The number of carbonyl (C=O) groups excluding carboxylic acids is 1. The van der Waals surface area contributed by atoms with Gasteiger partial charge >= 0.3 is 5.97 Å². The second kappa shape index (κ2) is 6.94. The van der Waals surface area contributed by atoms with E-state index in [1.165, 1.54) is 7.11 Å². The molecule has 0 saturated heterocycles.